The summed E-state index contributed by atoms with van der Waals surface area (Å²) in [6, 6.07) is 88.2. The van der Waals surface area contributed by atoms with E-state index in [1.54, 1.807) is 0 Å². The molecule has 2 N–H and O–H groups in total. The highest BCUT2D eigenvalue weighted by Crippen LogP contribution is 2.37. The maximum absolute atomic E-state index is 5.43. The van der Waals surface area contributed by atoms with Crippen LogP contribution in [0.2, 0.25) is 0 Å². The Balaban J connectivity index is 0.843. The van der Waals surface area contributed by atoms with Crippen LogP contribution in [-0.2, 0) is 0 Å². The van der Waals surface area contributed by atoms with E-state index in [2.05, 4.69) is 190 Å². The van der Waals surface area contributed by atoms with Crippen molar-refractivity contribution in [3.63, 3.8) is 0 Å². The number of H-pyrrole nitrogens is 2. The molecule has 3 nitrogen and oxygen atoms in total. The molecule has 1 aliphatic heterocycles. The SMILES string of the molecule is C(#Cc1ccc(C#Cc2ccc(-c3c4nc(c(-c5ccc(C#Cc6ccc(C#Cc7ccccc7)cc6)cc5)c5ccc([nH]5)c(-c5ccc(C#Cc6ccc(C#Cc7ccccc7)cc6)cc5)c5ccc3[nH]5)C=C4)cc2)cc1)c1ccccc1. The third-order valence-corrected chi connectivity index (χ3v) is 14.2. The molecule has 84 heavy (non-hydrogen) atoms. The molecule has 3 aromatic heterocycles. The number of aromatic nitrogens is 3. The third kappa shape index (κ3) is 12.2. The number of hydrogen-bond acceptors (Lipinski definition) is 1. The number of rotatable bonds is 3. The normalized spacial score (nSPS) is 10.5. The molecule has 0 atom stereocenters. The third-order valence-electron chi connectivity index (χ3n) is 14.2. The number of nitrogens with zero attached hydrogens (tertiary/aromatic N) is 1. The van der Waals surface area contributed by atoms with E-state index < -0.39 is 0 Å². The first kappa shape index (κ1) is 51.2. The Bertz CT molecular complexity index is 4700. The van der Waals surface area contributed by atoms with Crippen molar-refractivity contribution in [3.8, 4) is 104 Å². The molecule has 12 aromatic rings. The minimum atomic E-state index is 0.844. The lowest BCUT2D eigenvalue weighted by molar-refractivity contribution is 1.32. The number of benzene rings is 9. The number of aromatic amines is 2. The van der Waals surface area contributed by atoms with Crippen LogP contribution in [0.25, 0.3) is 67.6 Å². The van der Waals surface area contributed by atoms with E-state index in [9.17, 15) is 0 Å². The van der Waals surface area contributed by atoms with Crippen LogP contribution in [0.15, 0.2) is 261 Å². The lowest BCUT2D eigenvalue weighted by Gasteiger charge is -2.07. The lowest BCUT2D eigenvalue weighted by Crippen LogP contribution is -1.89. The Morgan fingerprint density at radius 3 is 0.619 bits per heavy atom. The predicted octanol–water partition coefficient (Wildman–Crippen LogP) is 17.1. The summed E-state index contributed by atoms with van der Waals surface area (Å²) in [5.41, 5.74) is 22.8. The van der Waals surface area contributed by atoms with Gasteiger partial charge < -0.3 is 9.97 Å². The number of nitrogens with one attached hydrogen (secondary N) is 2. The highest BCUT2D eigenvalue weighted by molar-refractivity contribution is 6.00. The Labute approximate surface area is 489 Å². The zero-order valence-corrected chi connectivity index (χ0v) is 45.4. The van der Waals surface area contributed by atoms with Crippen molar-refractivity contribution in [1.29, 1.82) is 0 Å². The summed E-state index contributed by atoms with van der Waals surface area (Å²) in [7, 11) is 0. The first-order valence-corrected chi connectivity index (χ1v) is 27.6. The standard InChI is InChI=1S/C81H47N3/c1-4-10-58(11-5-1)16-19-61-22-28-64(29-23-61)34-37-67-40-46-70(47-41-67)79-73-52-54-75(82-73)80(71-48-42-68(43-49-71)38-35-65-30-24-62(25-31-65)20-17-59-12-6-2-7-13-59)77-56-57-78(84-77)81(76-55-53-74(79)83-76)72-50-44-69(45-51-72)39-36-66-32-26-63(27-33-66)21-18-60-14-8-3-9-15-60/h1-15,22-33,40-57,82-83H. The van der Waals surface area contributed by atoms with Gasteiger partial charge in [-0.15, -0.1) is 0 Å². The fourth-order valence-corrected chi connectivity index (χ4v) is 9.85. The molecule has 13 rings (SSSR count). The van der Waals surface area contributed by atoms with Gasteiger partial charge in [-0.1, -0.05) is 162 Å². The first-order valence-electron chi connectivity index (χ1n) is 27.6. The van der Waals surface area contributed by atoms with Gasteiger partial charge in [0.25, 0.3) is 0 Å². The van der Waals surface area contributed by atoms with Crippen molar-refractivity contribution in [2.75, 3.05) is 0 Å². The van der Waals surface area contributed by atoms with Crippen LogP contribution in [0.3, 0.4) is 0 Å². The summed E-state index contributed by atoms with van der Waals surface area (Å²) >= 11 is 0. The number of hydrogen-bond donors (Lipinski definition) is 2. The van der Waals surface area contributed by atoms with Gasteiger partial charge in [0.1, 0.15) is 0 Å². The van der Waals surface area contributed by atoms with Gasteiger partial charge in [0.05, 0.1) is 11.4 Å². The molecule has 0 saturated heterocycles. The van der Waals surface area contributed by atoms with Gasteiger partial charge >= 0.3 is 0 Å². The second-order valence-corrected chi connectivity index (χ2v) is 20.0. The van der Waals surface area contributed by atoms with E-state index >= 15 is 0 Å². The molecule has 4 heterocycles. The zero-order valence-electron chi connectivity index (χ0n) is 45.4. The van der Waals surface area contributed by atoms with Crippen molar-refractivity contribution >= 4 is 34.2 Å². The molecular formula is C81H47N3. The molecule has 0 saturated carbocycles. The fourth-order valence-electron chi connectivity index (χ4n) is 9.85. The first-order chi connectivity index (χ1) is 41.5. The average Bonchev–Trinajstić information content (AvgIpc) is 3.81. The summed E-state index contributed by atoms with van der Waals surface area (Å²) in [4.78, 5) is 13.1. The van der Waals surface area contributed by atoms with Crippen LogP contribution < -0.4 is 0 Å². The van der Waals surface area contributed by atoms with Crippen LogP contribution in [0, 0.1) is 71.0 Å². The molecule has 0 aliphatic carbocycles. The second-order valence-electron chi connectivity index (χ2n) is 20.0. The molecule has 6 bridgehead atoms. The van der Waals surface area contributed by atoms with E-state index in [0.29, 0.717) is 0 Å². The van der Waals surface area contributed by atoms with Gasteiger partial charge in [-0.25, -0.2) is 4.98 Å². The summed E-state index contributed by atoms with van der Waals surface area (Å²) < 4.78 is 0. The van der Waals surface area contributed by atoms with Crippen molar-refractivity contribution in [2.45, 2.75) is 0 Å². The van der Waals surface area contributed by atoms with Crippen LogP contribution >= 0.6 is 0 Å². The monoisotopic (exact) mass is 1060 g/mol. The maximum Gasteiger partial charge on any atom is 0.0737 e. The summed E-state index contributed by atoms with van der Waals surface area (Å²) in [6.07, 6.45) is 4.23. The van der Waals surface area contributed by atoms with Crippen LogP contribution in [0.4, 0.5) is 0 Å². The zero-order chi connectivity index (χ0) is 56.3. The molecule has 0 radical (unpaired) electrons. The predicted molar refractivity (Wildman–Crippen MR) is 345 cm³/mol. The van der Waals surface area contributed by atoms with Crippen molar-refractivity contribution in [1.82, 2.24) is 15.0 Å². The van der Waals surface area contributed by atoms with Gasteiger partial charge in [-0.3, -0.25) is 0 Å². The Kier molecular flexibility index (Phi) is 14.7. The molecular weight excluding hydrogens is 1010 g/mol. The second kappa shape index (κ2) is 24.0. The molecule has 0 amide bonds. The summed E-state index contributed by atoms with van der Waals surface area (Å²) in [5, 5.41) is 0. The fraction of sp³-hybridized carbons (Fsp3) is 0. The highest BCUT2D eigenvalue weighted by Gasteiger charge is 2.17. The average molecular weight is 1060 g/mol. The molecule has 0 unspecified atom stereocenters. The van der Waals surface area contributed by atoms with Gasteiger partial charge in [0, 0.05) is 106 Å². The van der Waals surface area contributed by atoms with E-state index in [-0.39, 0.29) is 0 Å². The van der Waals surface area contributed by atoms with E-state index in [1.807, 2.05) is 164 Å². The maximum atomic E-state index is 5.43. The molecule has 1 aliphatic rings. The van der Waals surface area contributed by atoms with Crippen LogP contribution in [0.5, 0.6) is 0 Å². The van der Waals surface area contributed by atoms with Crippen molar-refractivity contribution in [3.05, 3.63) is 339 Å². The molecule has 9 aromatic carbocycles. The van der Waals surface area contributed by atoms with Crippen LogP contribution in [0.1, 0.15) is 78.1 Å². The van der Waals surface area contributed by atoms with Gasteiger partial charge in [0.2, 0.25) is 0 Å². The number of fused-ring (bicyclic) bond motifs is 6. The van der Waals surface area contributed by atoms with Gasteiger partial charge in [-0.05, 0) is 199 Å². The van der Waals surface area contributed by atoms with Gasteiger partial charge in [-0.2, -0.15) is 0 Å². The van der Waals surface area contributed by atoms with E-state index in [4.69, 9.17) is 4.98 Å². The molecule has 0 fully saturated rings. The smallest absolute Gasteiger partial charge is 0.0737 e. The highest BCUT2D eigenvalue weighted by atomic mass is 14.8. The Morgan fingerprint density at radius 2 is 0.381 bits per heavy atom. The van der Waals surface area contributed by atoms with E-state index in [0.717, 1.165) is 134 Å². The van der Waals surface area contributed by atoms with E-state index in [1.165, 1.54) is 0 Å². The molecule has 386 valence electrons. The topological polar surface area (TPSA) is 44.5 Å². The quantitative estimate of drug-likeness (QED) is 0.170. The van der Waals surface area contributed by atoms with Crippen molar-refractivity contribution < 1.29 is 0 Å². The summed E-state index contributed by atoms with van der Waals surface area (Å²) in [5.74, 6) is 39.7. The molecule has 3 heteroatoms. The molecule has 0 spiro atoms. The summed E-state index contributed by atoms with van der Waals surface area (Å²) in [6.45, 7) is 0. The van der Waals surface area contributed by atoms with Crippen LogP contribution in [-0.4, -0.2) is 15.0 Å². The minimum Gasteiger partial charge on any atom is -0.354 e. The minimum absolute atomic E-state index is 0.844. The largest absolute Gasteiger partial charge is 0.354 e. The Hall–Kier alpha value is -12.2. The lowest BCUT2D eigenvalue weighted by atomic mass is 10.0. The Morgan fingerprint density at radius 1 is 0.190 bits per heavy atom. The van der Waals surface area contributed by atoms with Crippen molar-refractivity contribution in [2.24, 2.45) is 0 Å². The van der Waals surface area contributed by atoms with Gasteiger partial charge in [0.15, 0.2) is 0 Å².